The Morgan fingerprint density at radius 1 is 0.462 bits per heavy atom. The quantitative estimate of drug-likeness (QED) is 0.0468. The first-order chi connectivity index (χ1) is 18.8. The van der Waals surface area contributed by atoms with E-state index in [1.807, 2.05) is 0 Å². The van der Waals surface area contributed by atoms with Gasteiger partial charge in [-0.1, -0.05) is 76.9 Å². The van der Waals surface area contributed by atoms with E-state index in [0.717, 1.165) is 69.2 Å². The van der Waals surface area contributed by atoms with Gasteiger partial charge in [-0.15, -0.1) is 0 Å². The lowest BCUT2D eigenvalue weighted by Gasteiger charge is -2.39. The van der Waals surface area contributed by atoms with Gasteiger partial charge in [-0.25, -0.2) is 0 Å². The molecule has 0 unspecified atom stereocenters. The summed E-state index contributed by atoms with van der Waals surface area (Å²) in [5.41, 5.74) is 0. The molecule has 0 bridgehead atoms. The van der Waals surface area contributed by atoms with Crippen molar-refractivity contribution < 1.29 is 34.2 Å². The molecule has 0 rings (SSSR count). The second kappa shape index (κ2) is 26.3. The topological polar surface area (TPSA) is 112 Å². The summed E-state index contributed by atoms with van der Waals surface area (Å²) in [6.07, 6.45) is 26.1. The third-order valence-electron chi connectivity index (χ3n) is 7.71. The van der Waals surface area contributed by atoms with Crippen LogP contribution in [0.2, 0.25) is 0 Å². The summed E-state index contributed by atoms with van der Waals surface area (Å²) in [6.45, 7) is 5.84. The monoisotopic (exact) mass is 554 g/mol. The van der Waals surface area contributed by atoms with E-state index in [1.165, 1.54) is 64.2 Å². The van der Waals surface area contributed by atoms with E-state index in [1.54, 1.807) is 0 Å². The molecule has 0 radical (unpaired) electrons. The van der Waals surface area contributed by atoms with Gasteiger partial charge in [0, 0.05) is 25.7 Å². The van der Waals surface area contributed by atoms with Crippen LogP contribution >= 0.6 is 0 Å². The highest BCUT2D eigenvalue weighted by atomic mass is 16.4. The number of unbranched alkanes of at least 4 members (excludes halogenated alkanes) is 14. The summed E-state index contributed by atoms with van der Waals surface area (Å²) < 4.78 is 0.838. The van der Waals surface area contributed by atoms with Gasteiger partial charge in [0.05, 0.1) is 26.2 Å². The van der Waals surface area contributed by atoms with Crippen LogP contribution < -0.4 is 0 Å². The van der Waals surface area contributed by atoms with Gasteiger partial charge in [-0.2, -0.15) is 0 Å². The van der Waals surface area contributed by atoms with Gasteiger partial charge in [0.2, 0.25) is 0 Å². The van der Waals surface area contributed by atoms with Crippen molar-refractivity contribution in [3.63, 3.8) is 0 Å². The number of nitrogens with zero attached hydrogens (tertiary/aromatic N) is 1. The van der Waals surface area contributed by atoms with Crippen LogP contribution in [-0.4, -0.2) is 63.9 Å². The number of quaternary nitrogens is 1. The van der Waals surface area contributed by atoms with Gasteiger partial charge in [-0.3, -0.25) is 14.4 Å². The molecule has 0 aromatic rings. The fourth-order valence-corrected chi connectivity index (χ4v) is 5.37. The molecular weight excluding hydrogens is 494 g/mol. The summed E-state index contributed by atoms with van der Waals surface area (Å²) in [7, 11) is 0. The van der Waals surface area contributed by atoms with E-state index in [9.17, 15) is 14.4 Å². The SMILES string of the molecule is CCCCCCCCCCCC/C=C/CCC[N+](CCCCC(=O)O)(CCCCC(=O)O)CCCCC(=O)O. The summed E-state index contributed by atoms with van der Waals surface area (Å²) in [5.74, 6) is -2.32. The highest BCUT2D eigenvalue weighted by molar-refractivity contribution is 5.67. The normalized spacial score (nSPS) is 11.8. The lowest BCUT2D eigenvalue weighted by Crippen LogP contribution is -2.50. The van der Waals surface area contributed by atoms with Crippen molar-refractivity contribution >= 4 is 17.9 Å². The molecule has 0 aliphatic carbocycles. The first-order valence-corrected chi connectivity index (χ1v) is 16.0. The Morgan fingerprint density at radius 3 is 1.18 bits per heavy atom. The maximum atomic E-state index is 11.0. The van der Waals surface area contributed by atoms with Crippen molar-refractivity contribution in [1.29, 1.82) is 0 Å². The average Bonchev–Trinajstić information content (AvgIpc) is 2.89. The maximum absolute atomic E-state index is 11.0. The van der Waals surface area contributed by atoms with Crippen LogP contribution in [0.4, 0.5) is 0 Å². The van der Waals surface area contributed by atoms with E-state index in [4.69, 9.17) is 15.3 Å². The molecule has 0 atom stereocenters. The fourth-order valence-electron chi connectivity index (χ4n) is 5.37. The van der Waals surface area contributed by atoms with Crippen LogP contribution in [0, 0.1) is 0 Å². The molecule has 0 heterocycles. The first kappa shape index (κ1) is 37.1. The molecule has 7 heteroatoms. The van der Waals surface area contributed by atoms with E-state index >= 15 is 0 Å². The fraction of sp³-hybridized carbons (Fsp3) is 0.844. The molecule has 0 aromatic heterocycles. The number of allylic oxidation sites excluding steroid dienone is 2. The summed E-state index contributed by atoms with van der Waals surface area (Å²) in [4.78, 5) is 32.9. The molecule has 39 heavy (non-hydrogen) atoms. The van der Waals surface area contributed by atoms with Crippen LogP contribution in [0.3, 0.4) is 0 Å². The molecule has 0 fully saturated rings. The Labute approximate surface area is 238 Å². The molecule has 7 nitrogen and oxygen atoms in total. The molecule has 0 saturated carbocycles. The number of hydrogen-bond acceptors (Lipinski definition) is 3. The first-order valence-electron chi connectivity index (χ1n) is 16.0. The minimum Gasteiger partial charge on any atom is -0.481 e. The second-order valence-electron chi connectivity index (χ2n) is 11.4. The van der Waals surface area contributed by atoms with Gasteiger partial charge >= 0.3 is 17.9 Å². The Hall–Kier alpha value is -1.89. The average molecular weight is 555 g/mol. The van der Waals surface area contributed by atoms with Gasteiger partial charge < -0.3 is 19.8 Å². The van der Waals surface area contributed by atoms with Gasteiger partial charge in [0.15, 0.2) is 0 Å². The van der Waals surface area contributed by atoms with Crippen LogP contribution in [0.15, 0.2) is 12.2 Å². The smallest absolute Gasteiger partial charge is 0.303 e. The minimum atomic E-state index is -0.774. The molecule has 0 spiro atoms. The molecule has 0 aliphatic rings. The third-order valence-corrected chi connectivity index (χ3v) is 7.71. The van der Waals surface area contributed by atoms with Crippen LogP contribution in [0.1, 0.15) is 148 Å². The van der Waals surface area contributed by atoms with E-state index < -0.39 is 17.9 Å². The Bertz CT molecular complexity index is 594. The van der Waals surface area contributed by atoms with Gasteiger partial charge in [-0.05, 0) is 57.8 Å². The zero-order chi connectivity index (χ0) is 29.0. The van der Waals surface area contributed by atoms with Crippen LogP contribution in [0.5, 0.6) is 0 Å². The van der Waals surface area contributed by atoms with Crippen LogP contribution in [0.25, 0.3) is 0 Å². The van der Waals surface area contributed by atoms with Crippen molar-refractivity contribution in [3.05, 3.63) is 12.2 Å². The lowest BCUT2D eigenvalue weighted by molar-refractivity contribution is -0.929. The Morgan fingerprint density at radius 2 is 0.795 bits per heavy atom. The van der Waals surface area contributed by atoms with Crippen molar-refractivity contribution in [2.75, 3.05) is 26.2 Å². The number of hydrogen-bond donors (Lipinski definition) is 3. The molecular formula is C32H60NO6+. The molecule has 0 amide bonds. The summed E-state index contributed by atoms with van der Waals surface area (Å²) in [5, 5.41) is 27.1. The van der Waals surface area contributed by atoms with E-state index in [-0.39, 0.29) is 19.3 Å². The number of rotatable bonds is 30. The van der Waals surface area contributed by atoms with E-state index in [2.05, 4.69) is 19.1 Å². The number of carbonyl (C=O) groups is 3. The zero-order valence-electron chi connectivity index (χ0n) is 25.1. The highest BCUT2D eigenvalue weighted by Crippen LogP contribution is 2.19. The minimum absolute atomic E-state index is 0.166. The largest absolute Gasteiger partial charge is 0.481 e. The Balaban J connectivity index is 4.56. The van der Waals surface area contributed by atoms with Gasteiger partial charge in [0.25, 0.3) is 0 Å². The molecule has 0 aromatic carbocycles. The molecule has 228 valence electrons. The summed E-state index contributed by atoms with van der Waals surface area (Å²) in [6, 6.07) is 0. The zero-order valence-corrected chi connectivity index (χ0v) is 25.1. The van der Waals surface area contributed by atoms with E-state index in [0.29, 0.717) is 19.3 Å². The van der Waals surface area contributed by atoms with Crippen molar-refractivity contribution in [2.24, 2.45) is 0 Å². The number of aliphatic carboxylic acids is 3. The lowest BCUT2D eigenvalue weighted by atomic mass is 10.1. The molecule has 0 aliphatic heterocycles. The van der Waals surface area contributed by atoms with Crippen LogP contribution in [-0.2, 0) is 14.4 Å². The van der Waals surface area contributed by atoms with Crippen molar-refractivity contribution in [2.45, 2.75) is 148 Å². The summed E-state index contributed by atoms with van der Waals surface area (Å²) >= 11 is 0. The number of carboxylic acids is 3. The molecule has 3 N–H and O–H groups in total. The van der Waals surface area contributed by atoms with Crippen molar-refractivity contribution in [3.8, 4) is 0 Å². The maximum Gasteiger partial charge on any atom is 0.303 e. The number of carboxylic acid groups (broad SMARTS) is 3. The van der Waals surface area contributed by atoms with Gasteiger partial charge in [0.1, 0.15) is 0 Å². The second-order valence-corrected chi connectivity index (χ2v) is 11.4. The molecule has 0 saturated heterocycles. The predicted octanol–water partition coefficient (Wildman–Crippen LogP) is 8.22. The third kappa shape index (κ3) is 26.1. The van der Waals surface area contributed by atoms with Crippen molar-refractivity contribution in [1.82, 2.24) is 0 Å². The predicted molar refractivity (Wildman–Crippen MR) is 159 cm³/mol. The standard InChI is InChI=1S/C32H59NO6/c1-2-3-4-5-6-7-8-9-10-11-12-13-14-15-19-26-33(27-20-16-23-30(34)35,28-21-17-24-31(36)37)29-22-18-25-32(38)39/h13-14H,2-12,15-29H2,1H3,(H2-,34,35,36,37,38,39)/p+1/b14-13+. The Kier molecular flexibility index (Phi) is 25.1. The highest BCUT2D eigenvalue weighted by Gasteiger charge is 2.26.